The Hall–Kier alpha value is -0.200. The molecule has 5 nitrogen and oxygen atoms in total. The fourth-order valence-corrected chi connectivity index (χ4v) is 3.35. The van der Waals surface area contributed by atoms with Crippen LogP contribution < -0.4 is 0 Å². The van der Waals surface area contributed by atoms with Gasteiger partial charge in [0.1, 0.15) is 11.7 Å². The Labute approximate surface area is 87.9 Å². The van der Waals surface area contributed by atoms with Crippen LogP contribution in [0.5, 0.6) is 0 Å². The van der Waals surface area contributed by atoms with Gasteiger partial charge in [-0.15, -0.1) is 0 Å². The molecule has 5 heteroatoms. The zero-order chi connectivity index (χ0) is 10.6. The van der Waals surface area contributed by atoms with E-state index in [0.717, 1.165) is 6.42 Å². The first-order valence-electron chi connectivity index (χ1n) is 5.35. The molecule has 0 aromatic heterocycles. The van der Waals surface area contributed by atoms with Crippen LogP contribution in [0.25, 0.3) is 0 Å². The van der Waals surface area contributed by atoms with Crippen LogP contribution in [0.15, 0.2) is 0 Å². The number of hydrogen-bond acceptors (Lipinski definition) is 5. The minimum atomic E-state index is -1.18. The normalized spacial score (nSPS) is 58.2. The van der Waals surface area contributed by atoms with Crippen LogP contribution >= 0.6 is 0 Å². The number of aliphatic hydroxyl groups is 2. The SMILES string of the molecule is CO[C@H]1[C@H]2CCO[C@@H]3OC[C@@](O)([C@H]32)[C@@H]1O. The van der Waals surface area contributed by atoms with E-state index in [9.17, 15) is 10.2 Å². The van der Waals surface area contributed by atoms with Gasteiger partial charge in [0, 0.05) is 18.9 Å². The number of methoxy groups -OCH3 is 1. The van der Waals surface area contributed by atoms with E-state index < -0.39 is 11.7 Å². The van der Waals surface area contributed by atoms with Crippen molar-refractivity contribution in [2.75, 3.05) is 20.3 Å². The van der Waals surface area contributed by atoms with Crippen molar-refractivity contribution >= 4 is 0 Å². The Kier molecular flexibility index (Phi) is 2.10. The molecule has 2 N–H and O–H groups in total. The van der Waals surface area contributed by atoms with Gasteiger partial charge in [0.05, 0.1) is 19.3 Å². The van der Waals surface area contributed by atoms with Crippen molar-refractivity contribution in [1.29, 1.82) is 0 Å². The van der Waals surface area contributed by atoms with Gasteiger partial charge in [-0.2, -0.15) is 0 Å². The molecule has 0 unspecified atom stereocenters. The highest BCUT2D eigenvalue weighted by atomic mass is 16.7. The second-order valence-electron chi connectivity index (χ2n) is 4.66. The maximum absolute atomic E-state index is 10.4. The van der Waals surface area contributed by atoms with Crippen molar-refractivity contribution in [3.8, 4) is 0 Å². The van der Waals surface area contributed by atoms with Gasteiger partial charge in [0.2, 0.25) is 0 Å². The fraction of sp³-hybridized carbons (Fsp3) is 1.00. The zero-order valence-corrected chi connectivity index (χ0v) is 8.63. The van der Waals surface area contributed by atoms with Crippen LogP contribution in [-0.2, 0) is 14.2 Å². The van der Waals surface area contributed by atoms with Gasteiger partial charge >= 0.3 is 0 Å². The van der Waals surface area contributed by atoms with Crippen LogP contribution in [0.1, 0.15) is 6.42 Å². The lowest BCUT2D eigenvalue weighted by atomic mass is 9.84. The molecule has 3 fully saturated rings. The number of ether oxygens (including phenoxy) is 3. The zero-order valence-electron chi connectivity index (χ0n) is 8.63. The Balaban J connectivity index is 1.98. The van der Waals surface area contributed by atoms with Gasteiger partial charge in [0.15, 0.2) is 6.29 Å². The van der Waals surface area contributed by atoms with Crippen molar-refractivity contribution < 1.29 is 24.4 Å². The molecule has 0 spiro atoms. The van der Waals surface area contributed by atoms with Crippen LogP contribution in [-0.4, -0.2) is 54.6 Å². The van der Waals surface area contributed by atoms with Crippen molar-refractivity contribution in [3.63, 3.8) is 0 Å². The van der Waals surface area contributed by atoms with E-state index in [0.29, 0.717) is 6.61 Å². The minimum Gasteiger partial charge on any atom is -0.387 e. The van der Waals surface area contributed by atoms with E-state index in [4.69, 9.17) is 14.2 Å². The number of aliphatic hydroxyl groups excluding tert-OH is 1. The maximum Gasteiger partial charge on any atom is 0.163 e. The first-order chi connectivity index (χ1) is 7.18. The average Bonchev–Trinajstić information content (AvgIpc) is 2.69. The Morgan fingerprint density at radius 2 is 2.20 bits per heavy atom. The molecule has 86 valence electrons. The third kappa shape index (κ3) is 1.10. The molecular formula is C10H16O5. The summed E-state index contributed by atoms with van der Waals surface area (Å²) in [6, 6.07) is 0. The summed E-state index contributed by atoms with van der Waals surface area (Å²) in [5.41, 5.74) is -1.18. The van der Waals surface area contributed by atoms with Crippen LogP contribution in [0.3, 0.4) is 0 Å². The molecule has 2 heterocycles. The van der Waals surface area contributed by atoms with Gasteiger partial charge in [-0.05, 0) is 6.42 Å². The predicted molar refractivity (Wildman–Crippen MR) is 49.0 cm³/mol. The van der Waals surface area contributed by atoms with E-state index in [1.54, 1.807) is 7.11 Å². The molecule has 6 atom stereocenters. The highest BCUT2D eigenvalue weighted by Crippen LogP contribution is 2.52. The summed E-state index contributed by atoms with van der Waals surface area (Å²) >= 11 is 0. The monoisotopic (exact) mass is 216 g/mol. The summed E-state index contributed by atoms with van der Waals surface area (Å²) in [6.45, 7) is 0.744. The summed E-state index contributed by atoms with van der Waals surface area (Å²) in [7, 11) is 1.57. The third-order valence-electron chi connectivity index (χ3n) is 4.06. The van der Waals surface area contributed by atoms with Crippen LogP contribution in [0.2, 0.25) is 0 Å². The highest BCUT2D eigenvalue weighted by Gasteiger charge is 2.67. The lowest BCUT2D eigenvalue weighted by Gasteiger charge is -2.32. The topological polar surface area (TPSA) is 68.2 Å². The molecule has 0 aromatic rings. The lowest BCUT2D eigenvalue weighted by Crippen LogP contribution is -2.47. The van der Waals surface area contributed by atoms with E-state index in [1.807, 2.05) is 0 Å². The molecule has 0 amide bonds. The molecule has 3 aliphatic rings. The Bertz CT molecular complexity index is 271. The third-order valence-corrected chi connectivity index (χ3v) is 4.06. The molecule has 1 aliphatic carbocycles. The quantitative estimate of drug-likeness (QED) is 0.595. The van der Waals surface area contributed by atoms with E-state index in [2.05, 4.69) is 0 Å². The van der Waals surface area contributed by atoms with Crippen LogP contribution in [0.4, 0.5) is 0 Å². The summed E-state index contributed by atoms with van der Waals surface area (Å²) in [5, 5.41) is 20.4. The van der Waals surface area contributed by atoms with Gasteiger partial charge in [-0.3, -0.25) is 0 Å². The van der Waals surface area contributed by atoms with Gasteiger partial charge < -0.3 is 24.4 Å². The maximum atomic E-state index is 10.4. The standard InChI is InChI=1S/C10H16O5/c1-13-7-5-2-3-14-9-6(5)10(12,4-15-9)8(7)11/h5-9,11-12H,2-4H2,1H3/t5-,6-,7-,8+,9+,10+/m0/s1. The van der Waals surface area contributed by atoms with E-state index >= 15 is 0 Å². The van der Waals surface area contributed by atoms with Crippen molar-refractivity contribution in [1.82, 2.24) is 0 Å². The largest absolute Gasteiger partial charge is 0.387 e. The molecule has 0 bridgehead atoms. The lowest BCUT2D eigenvalue weighted by molar-refractivity contribution is -0.178. The van der Waals surface area contributed by atoms with Crippen molar-refractivity contribution in [2.24, 2.45) is 11.8 Å². The van der Waals surface area contributed by atoms with Crippen molar-refractivity contribution in [3.05, 3.63) is 0 Å². The second-order valence-corrected chi connectivity index (χ2v) is 4.66. The molecule has 2 aliphatic heterocycles. The predicted octanol–water partition coefficient (Wildman–Crippen LogP) is -0.884. The minimum absolute atomic E-state index is 0.135. The number of rotatable bonds is 1. The molecule has 1 saturated carbocycles. The molecule has 15 heavy (non-hydrogen) atoms. The summed E-state index contributed by atoms with van der Waals surface area (Å²) in [5.74, 6) is -0.0116. The summed E-state index contributed by atoms with van der Waals surface area (Å²) in [6.07, 6.45) is -0.731. The second kappa shape index (κ2) is 3.15. The summed E-state index contributed by atoms with van der Waals surface area (Å²) < 4.78 is 16.1. The Morgan fingerprint density at radius 1 is 1.40 bits per heavy atom. The smallest absolute Gasteiger partial charge is 0.163 e. The number of hydrogen-bond donors (Lipinski definition) is 2. The molecule has 0 radical (unpaired) electrons. The Morgan fingerprint density at radius 3 is 2.93 bits per heavy atom. The highest BCUT2D eigenvalue weighted by molar-refractivity contribution is 5.13. The molecular weight excluding hydrogens is 200 g/mol. The van der Waals surface area contributed by atoms with Crippen molar-refractivity contribution in [2.45, 2.75) is 30.5 Å². The van der Waals surface area contributed by atoms with E-state index in [1.165, 1.54) is 0 Å². The van der Waals surface area contributed by atoms with Gasteiger partial charge in [-0.1, -0.05) is 0 Å². The molecule has 0 aromatic carbocycles. The van der Waals surface area contributed by atoms with Crippen LogP contribution in [0, 0.1) is 11.8 Å². The average molecular weight is 216 g/mol. The first kappa shape index (κ1) is 9.99. The van der Waals surface area contributed by atoms with E-state index in [-0.39, 0.29) is 30.8 Å². The molecule has 2 saturated heterocycles. The summed E-state index contributed by atoms with van der Waals surface area (Å²) in [4.78, 5) is 0. The first-order valence-corrected chi connectivity index (χ1v) is 5.35. The fourth-order valence-electron chi connectivity index (χ4n) is 3.35. The van der Waals surface area contributed by atoms with Gasteiger partial charge in [0.25, 0.3) is 0 Å². The van der Waals surface area contributed by atoms with Gasteiger partial charge in [-0.25, -0.2) is 0 Å². The molecule has 3 rings (SSSR count).